The number of nitrogen functional groups attached to an aromatic ring is 1. The lowest BCUT2D eigenvalue weighted by atomic mass is 9.89. The summed E-state index contributed by atoms with van der Waals surface area (Å²) in [5.41, 5.74) is 6.24. The van der Waals surface area contributed by atoms with Crippen LogP contribution >= 0.6 is 27.5 Å². The number of likely N-dealkylation sites (tertiary alicyclic amines) is 1. The van der Waals surface area contributed by atoms with Gasteiger partial charge in [-0.3, -0.25) is 4.79 Å². The Kier molecular flexibility index (Phi) is 8.25. The van der Waals surface area contributed by atoms with Crippen molar-refractivity contribution in [1.29, 1.82) is 0 Å². The lowest BCUT2D eigenvalue weighted by Gasteiger charge is -2.40. The molecule has 0 bridgehead atoms. The SMILES string of the molecule is COc1cc(N)c(Cl)cc1C(=O)NC1(C)CCN(CCCOc2ccc(F)cc2Br)CC1. The molecule has 0 aromatic heterocycles. The fourth-order valence-electron chi connectivity index (χ4n) is 3.71. The van der Waals surface area contributed by atoms with E-state index in [1.165, 1.54) is 19.2 Å². The van der Waals surface area contributed by atoms with Crippen LogP contribution in [0.15, 0.2) is 34.8 Å². The molecular formula is C23H28BrClFN3O3. The Balaban J connectivity index is 1.46. The highest BCUT2D eigenvalue weighted by Crippen LogP contribution is 2.30. The summed E-state index contributed by atoms with van der Waals surface area (Å²) in [6.07, 6.45) is 2.51. The van der Waals surface area contributed by atoms with Gasteiger partial charge in [0.25, 0.3) is 5.91 Å². The van der Waals surface area contributed by atoms with Gasteiger partial charge in [0.2, 0.25) is 0 Å². The molecule has 1 heterocycles. The van der Waals surface area contributed by atoms with Gasteiger partial charge in [0.05, 0.1) is 34.5 Å². The van der Waals surface area contributed by atoms with Crippen LogP contribution in [0.25, 0.3) is 0 Å². The average Bonchev–Trinajstić information content (AvgIpc) is 2.75. The molecule has 0 aliphatic carbocycles. The summed E-state index contributed by atoms with van der Waals surface area (Å²) in [6.45, 7) is 5.24. The van der Waals surface area contributed by atoms with Crippen molar-refractivity contribution in [3.05, 3.63) is 51.2 Å². The maximum atomic E-state index is 13.2. The molecule has 0 atom stereocenters. The van der Waals surface area contributed by atoms with Crippen LogP contribution in [0.4, 0.5) is 10.1 Å². The van der Waals surface area contributed by atoms with Crippen molar-refractivity contribution >= 4 is 39.1 Å². The molecule has 2 aromatic rings. The predicted octanol–water partition coefficient (Wildman–Crippen LogP) is 4.89. The molecule has 3 N–H and O–H groups in total. The molecule has 1 fully saturated rings. The van der Waals surface area contributed by atoms with Gasteiger partial charge in [-0.1, -0.05) is 11.6 Å². The van der Waals surface area contributed by atoms with E-state index in [1.807, 2.05) is 0 Å². The first-order chi connectivity index (χ1) is 15.2. The van der Waals surface area contributed by atoms with Gasteiger partial charge < -0.3 is 25.4 Å². The van der Waals surface area contributed by atoms with Crippen LogP contribution < -0.4 is 20.5 Å². The van der Waals surface area contributed by atoms with E-state index >= 15 is 0 Å². The Morgan fingerprint density at radius 1 is 1.28 bits per heavy atom. The average molecular weight is 529 g/mol. The maximum Gasteiger partial charge on any atom is 0.255 e. The fourth-order valence-corrected chi connectivity index (χ4v) is 4.34. The monoisotopic (exact) mass is 527 g/mol. The minimum Gasteiger partial charge on any atom is -0.496 e. The highest BCUT2D eigenvalue weighted by molar-refractivity contribution is 9.10. The normalized spacial score (nSPS) is 15.9. The van der Waals surface area contributed by atoms with Crippen molar-refractivity contribution < 1.29 is 18.7 Å². The number of ether oxygens (including phenoxy) is 2. The maximum absolute atomic E-state index is 13.2. The van der Waals surface area contributed by atoms with E-state index in [1.54, 1.807) is 18.2 Å². The van der Waals surface area contributed by atoms with Gasteiger partial charge in [0, 0.05) is 31.2 Å². The second-order valence-corrected chi connectivity index (χ2v) is 9.47. The Hall–Kier alpha value is -2.03. The summed E-state index contributed by atoms with van der Waals surface area (Å²) in [7, 11) is 1.50. The van der Waals surface area contributed by atoms with Gasteiger partial charge in [0.1, 0.15) is 17.3 Å². The third-order valence-electron chi connectivity index (χ3n) is 5.71. The number of anilines is 1. The van der Waals surface area contributed by atoms with Crippen LogP contribution in [-0.4, -0.2) is 49.7 Å². The number of nitrogens with zero attached hydrogens (tertiary/aromatic N) is 1. The Morgan fingerprint density at radius 3 is 2.66 bits per heavy atom. The molecule has 1 aliphatic heterocycles. The number of carbonyl (C=O) groups is 1. The van der Waals surface area contributed by atoms with Gasteiger partial charge in [-0.25, -0.2) is 4.39 Å². The van der Waals surface area contributed by atoms with Crippen molar-refractivity contribution in [2.24, 2.45) is 0 Å². The highest BCUT2D eigenvalue weighted by Gasteiger charge is 2.32. The molecule has 2 aromatic carbocycles. The van der Waals surface area contributed by atoms with E-state index in [2.05, 4.69) is 33.1 Å². The van der Waals surface area contributed by atoms with Crippen molar-refractivity contribution in [1.82, 2.24) is 10.2 Å². The summed E-state index contributed by atoms with van der Waals surface area (Å²) in [5.74, 6) is 0.514. The summed E-state index contributed by atoms with van der Waals surface area (Å²) in [6, 6.07) is 7.51. The van der Waals surface area contributed by atoms with Gasteiger partial charge in [-0.15, -0.1) is 0 Å². The molecule has 32 heavy (non-hydrogen) atoms. The van der Waals surface area contributed by atoms with Crippen LogP contribution in [0.3, 0.4) is 0 Å². The minimum absolute atomic E-state index is 0.224. The Labute approximate surface area is 201 Å². The zero-order valence-electron chi connectivity index (χ0n) is 18.2. The molecule has 1 amide bonds. The molecule has 6 nitrogen and oxygen atoms in total. The highest BCUT2D eigenvalue weighted by atomic mass is 79.9. The zero-order valence-corrected chi connectivity index (χ0v) is 20.6. The van der Waals surface area contributed by atoms with Gasteiger partial charge >= 0.3 is 0 Å². The van der Waals surface area contributed by atoms with Gasteiger partial charge in [-0.05, 0) is 66.4 Å². The summed E-state index contributed by atoms with van der Waals surface area (Å²) in [4.78, 5) is 15.2. The Morgan fingerprint density at radius 2 is 2.00 bits per heavy atom. The molecule has 0 saturated carbocycles. The second kappa shape index (κ2) is 10.7. The molecule has 0 unspecified atom stereocenters. The second-order valence-electron chi connectivity index (χ2n) is 8.21. The molecule has 3 rings (SSSR count). The van der Waals surface area contributed by atoms with Crippen molar-refractivity contribution in [3.8, 4) is 11.5 Å². The zero-order chi connectivity index (χ0) is 23.3. The predicted molar refractivity (Wildman–Crippen MR) is 128 cm³/mol. The number of amides is 1. The smallest absolute Gasteiger partial charge is 0.255 e. The molecule has 1 saturated heterocycles. The topological polar surface area (TPSA) is 76.8 Å². The summed E-state index contributed by atoms with van der Waals surface area (Å²) in [5, 5.41) is 3.47. The van der Waals surface area contributed by atoms with Crippen LogP contribution in [0.1, 0.15) is 36.5 Å². The first kappa shape index (κ1) is 24.6. The molecule has 1 aliphatic rings. The van der Waals surface area contributed by atoms with Crippen LogP contribution in [-0.2, 0) is 0 Å². The van der Waals surface area contributed by atoms with E-state index in [-0.39, 0.29) is 17.3 Å². The summed E-state index contributed by atoms with van der Waals surface area (Å²) >= 11 is 9.41. The molecule has 174 valence electrons. The molecule has 0 radical (unpaired) electrons. The van der Waals surface area contributed by atoms with Gasteiger partial charge in [0.15, 0.2) is 0 Å². The number of piperidine rings is 1. The number of rotatable bonds is 8. The fraction of sp³-hybridized carbons (Fsp3) is 0.435. The van der Waals surface area contributed by atoms with E-state index < -0.39 is 0 Å². The number of methoxy groups -OCH3 is 1. The first-order valence-corrected chi connectivity index (χ1v) is 11.6. The molecule has 9 heteroatoms. The number of nitrogens with two attached hydrogens (primary N) is 1. The lowest BCUT2D eigenvalue weighted by Crippen LogP contribution is -2.53. The molecule has 0 spiro atoms. The van der Waals surface area contributed by atoms with Crippen molar-refractivity contribution in [3.63, 3.8) is 0 Å². The van der Waals surface area contributed by atoms with E-state index in [0.29, 0.717) is 38.9 Å². The van der Waals surface area contributed by atoms with Crippen molar-refractivity contribution in [2.75, 3.05) is 39.1 Å². The summed E-state index contributed by atoms with van der Waals surface area (Å²) < 4.78 is 24.8. The van der Waals surface area contributed by atoms with Crippen molar-refractivity contribution in [2.45, 2.75) is 31.7 Å². The first-order valence-electron chi connectivity index (χ1n) is 10.5. The third kappa shape index (κ3) is 6.27. The number of hydrogen-bond donors (Lipinski definition) is 2. The van der Waals surface area contributed by atoms with E-state index in [0.717, 1.165) is 38.9 Å². The van der Waals surface area contributed by atoms with Gasteiger partial charge in [-0.2, -0.15) is 0 Å². The quantitative estimate of drug-likeness (QED) is 0.377. The van der Waals surface area contributed by atoms with E-state index in [9.17, 15) is 9.18 Å². The minimum atomic E-state index is -0.318. The number of benzene rings is 2. The third-order valence-corrected chi connectivity index (χ3v) is 6.66. The number of carbonyl (C=O) groups excluding carboxylic acids is 1. The molecular weight excluding hydrogens is 501 g/mol. The number of halogens is 3. The van der Waals surface area contributed by atoms with Crippen LogP contribution in [0.5, 0.6) is 11.5 Å². The van der Waals surface area contributed by atoms with Crippen LogP contribution in [0.2, 0.25) is 5.02 Å². The largest absolute Gasteiger partial charge is 0.496 e. The number of hydrogen-bond acceptors (Lipinski definition) is 5. The number of nitrogens with one attached hydrogen (secondary N) is 1. The van der Waals surface area contributed by atoms with E-state index in [4.69, 9.17) is 26.8 Å². The Bertz CT molecular complexity index is 968. The lowest BCUT2D eigenvalue weighted by molar-refractivity contribution is 0.0827. The van der Waals surface area contributed by atoms with Crippen LogP contribution in [0, 0.1) is 5.82 Å². The standard InChI is InChI=1S/C23H28BrClFN3O3/c1-23(28-22(30)16-13-18(25)19(27)14-21(16)31-2)6-9-29(10-7-23)8-3-11-32-20-5-4-15(26)12-17(20)24/h4-5,12-14H,3,6-11,27H2,1-2H3,(H,28,30).